The monoisotopic (exact) mass is 172 g/mol. The van der Waals surface area contributed by atoms with Gasteiger partial charge in [-0.25, -0.2) is 8.78 Å². The molecular weight excluding hydrogens is 162 g/mol. The quantitative estimate of drug-likeness (QED) is 0.562. The van der Waals surface area contributed by atoms with Crippen molar-refractivity contribution in [3.8, 4) is 0 Å². The summed E-state index contributed by atoms with van der Waals surface area (Å²) in [6.07, 6.45) is 0. The van der Waals surface area contributed by atoms with E-state index < -0.39 is 11.6 Å². The summed E-state index contributed by atoms with van der Waals surface area (Å²) in [6, 6.07) is 3.68. The fourth-order valence-corrected chi connectivity index (χ4v) is 1.24. The van der Waals surface area contributed by atoms with Crippen LogP contribution in [0, 0.1) is 11.6 Å². The number of hydrogen-bond donors (Lipinski definition) is 0. The van der Waals surface area contributed by atoms with Gasteiger partial charge in [0.25, 0.3) is 0 Å². The Labute approximate surface area is 67.7 Å². The lowest BCUT2D eigenvalue weighted by Gasteiger charge is -2.04. The smallest absolute Gasteiger partial charge is 0.126 e. The lowest BCUT2D eigenvalue weighted by Crippen LogP contribution is -1.94. The molecule has 0 bridgehead atoms. The first-order valence-corrected chi connectivity index (χ1v) is 4.71. The Hall–Kier alpha value is -0.703. The van der Waals surface area contributed by atoms with Gasteiger partial charge in [0, 0.05) is 16.3 Å². The molecule has 60 valence electrons. The van der Waals surface area contributed by atoms with E-state index in [4.69, 9.17) is 0 Å². The summed E-state index contributed by atoms with van der Waals surface area (Å²) in [5.74, 6) is -0.967. The van der Waals surface area contributed by atoms with E-state index in [2.05, 4.69) is 0 Å². The van der Waals surface area contributed by atoms with Crippen LogP contribution in [-0.2, 0) is 0 Å². The first-order chi connectivity index (χ1) is 5.09. The Kier molecular flexibility index (Phi) is 2.39. The second kappa shape index (κ2) is 3.13. The zero-order chi connectivity index (χ0) is 8.43. The molecule has 0 N–H and O–H groups in total. The van der Waals surface area contributed by atoms with Gasteiger partial charge in [0.2, 0.25) is 0 Å². The molecule has 3 heteroatoms. The van der Waals surface area contributed by atoms with Gasteiger partial charge < -0.3 is 0 Å². The van der Waals surface area contributed by atoms with Crippen LogP contribution < -0.4 is 0 Å². The van der Waals surface area contributed by atoms with Crippen molar-refractivity contribution in [3.05, 3.63) is 35.4 Å². The van der Waals surface area contributed by atoms with Crippen LogP contribution in [0.5, 0.6) is 0 Å². The molecule has 0 saturated carbocycles. The summed E-state index contributed by atoms with van der Waals surface area (Å²) in [5.41, 5.74) is 1.06. The third-order valence-corrected chi connectivity index (χ3v) is 2.22. The van der Waals surface area contributed by atoms with Crippen molar-refractivity contribution >= 4 is 10.2 Å². The van der Waals surface area contributed by atoms with Gasteiger partial charge in [-0.15, -0.1) is 0 Å². The van der Waals surface area contributed by atoms with Gasteiger partial charge in [-0.1, -0.05) is 6.92 Å². The Bertz CT molecular complexity index is 238. The zero-order valence-corrected chi connectivity index (χ0v) is 8.57. The average Bonchev–Trinajstić information content (AvgIpc) is 1.85. The number of rotatable bonds is 1. The van der Waals surface area contributed by atoms with Crippen molar-refractivity contribution in [2.24, 2.45) is 0 Å². The summed E-state index contributed by atoms with van der Waals surface area (Å²) in [7, 11) is 0.919. The summed E-state index contributed by atoms with van der Waals surface area (Å²) in [5, 5.41) is 0. The molecule has 1 atom stereocenters. The number of benzene rings is 1. The minimum atomic E-state index is -0.484. The fourth-order valence-electron chi connectivity index (χ4n) is 0.908. The Balaban J connectivity index is 3.08. The second-order valence-electron chi connectivity index (χ2n) is 2.86. The number of hydrogen-bond acceptors (Lipinski definition) is 0. The van der Waals surface area contributed by atoms with Gasteiger partial charge in [0.15, 0.2) is 0 Å². The van der Waals surface area contributed by atoms with E-state index in [9.17, 15) is 8.78 Å². The molecular formula is C8H10F2Si. The Morgan fingerprint density at radius 3 is 2.00 bits per heavy atom. The molecule has 0 heterocycles. The molecule has 0 aliphatic heterocycles. The summed E-state index contributed by atoms with van der Waals surface area (Å²) < 4.78 is 25.1. The molecule has 0 amide bonds. The maximum Gasteiger partial charge on any atom is 0.126 e. The molecule has 0 aromatic heterocycles. The van der Waals surface area contributed by atoms with E-state index >= 15 is 0 Å². The van der Waals surface area contributed by atoms with Crippen molar-refractivity contribution in [3.63, 3.8) is 0 Å². The van der Waals surface area contributed by atoms with Crippen molar-refractivity contribution in [1.29, 1.82) is 0 Å². The van der Waals surface area contributed by atoms with Crippen molar-refractivity contribution in [1.82, 2.24) is 0 Å². The van der Waals surface area contributed by atoms with Crippen LogP contribution in [0.15, 0.2) is 18.2 Å². The minimum absolute atomic E-state index is 0.306. The average molecular weight is 172 g/mol. The highest BCUT2D eigenvalue weighted by atomic mass is 28.1. The predicted octanol–water partition coefficient (Wildman–Crippen LogP) is 1.39. The highest BCUT2D eigenvalue weighted by Crippen LogP contribution is 2.14. The molecule has 11 heavy (non-hydrogen) atoms. The maximum atomic E-state index is 12.6. The van der Waals surface area contributed by atoms with Crippen molar-refractivity contribution in [2.45, 2.75) is 12.5 Å². The molecule has 0 aliphatic rings. The standard InChI is InChI=1S/C8H10F2Si/c1-5(11)6-2-7(9)4-8(10)3-6/h2-5H,1,11H3. The van der Waals surface area contributed by atoms with Crippen LogP contribution >= 0.6 is 0 Å². The van der Waals surface area contributed by atoms with E-state index in [0.717, 1.165) is 21.9 Å². The summed E-state index contributed by atoms with van der Waals surface area (Å²) in [6.45, 7) is 1.96. The normalized spacial score (nSPS) is 13.4. The van der Waals surface area contributed by atoms with Gasteiger partial charge in [0.1, 0.15) is 11.6 Å². The third-order valence-electron chi connectivity index (χ3n) is 1.55. The third kappa shape index (κ3) is 2.12. The van der Waals surface area contributed by atoms with E-state index in [1.54, 1.807) is 0 Å². The minimum Gasteiger partial charge on any atom is -0.207 e. The molecule has 0 aliphatic carbocycles. The summed E-state index contributed by atoms with van der Waals surface area (Å²) >= 11 is 0. The van der Waals surface area contributed by atoms with Crippen LogP contribution in [0.2, 0.25) is 0 Å². The van der Waals surface area contributed by atoms with Crippen molar-refractivity contribution in [2.75, 3.05) is 0 Å². The van der Waals surface area contributed by atoms with E-state index in [1.165, 1.54) is 12.1 Å². The zero-order valence-electron chi connectivity index (χ0n) is 6.57. The lowest BCUT2D eigenvalue weighted by atomic mass is 10.1. The van der Waals surface area contributed by atoms with E-state index in [0.29, 0.717) is 5.54 Å². The molecule has 0 nitrogen and oxygen atoms in total. The van der Waals surface area contributed by atoms with Gasteiger partial charge in [-0.2, -0.15) is 0 Å². The molecule has 0 spiro atoms. The van der Waals surface area contributed by atoms with Crippen molar-refractivity contribution < 1.29 is 8.78 Å². The second-order valence-corrected chi connectivity index (χ2v) is 4.59. The molecule has 1 aromatic carbocycles. The molecule has 0 radical (unpaired) electrons. The molecule has 0 fully saturated rings. The molecule has 1 rings (SSSR count). The topological polar surface area (TPSA) is 0 Å². The van der Waals surface area contributed by atoms with Crippen LogP contribution in [0.25, 0.3) is 0 Å². The first kappa shape index (κ1) is 8.39. The SMILES string of the molecule is CC([SiH3])c1cc(F)cc(F)c1. The molecule has 1 aromatic rings. The van der Waals surface area contributed by atoms with Gasteiger partial charge in [-0.3, -0.25) is 0 Å². The fraction of sp³-hybridized carbons (Fsp3) is 0.250. The van der Waals surface area contributed by atoms with Crippen LogP contribution in [0.3, 0.4) is 0 Å². The highest BCUT2D eigenvalue weighted by Gasteiger charge is 2.02. The first-order valence-electron chi connectivity index (χ1n) is 3.55. The van der Waals surface area contributed by atoms with Gasteiger partial charge in [0.05, 0.1) is 0 Å². The van der Waals surface area contributed by atoms with Gasteiger partial charge >= 0.3 is 0 Å². The lowest BCUT2D eigenvalue weighted by molar-refractivity contribution is 0.579. The molecule has 1 unspecified atom stereocenters. The van der Waals surface area contributed by atoms with E-state index in [1.807, 2.05) is 6.92 Å². The van der Waals surface area contributed by atoms with Gasteiger partial charge in [-0.05, 0) is 23.2 Å². The van der Waals surface area contributed by atoms with Crippen LogP contribution in [0.4, 0.5) is 8.78 Å². The highest BCUT2D eigenvalue weighted by molar-refractivity contribution is 6.12. The van der Waals surface area contributed by atoms with Crippen LogP contribution in [0.1, 0.15) is 18.0 Å². The van der Waals surface area contributed by atoms with Crippen LogP contribution in [-0.4, -0.2) is 10.2 Å². The Morgan fingerprint density at radius 2 is 1.64 bits per heavy atom. The maximum absolute atomic E-state index is 12.6. The predicted molar refractivity (Wildman–Crippen MR) is 44.7 cm³/mol. The summed E-state index contributed by atoms with van der Waals surface area (Å²) in [4.78, 5) is 0. The number of halogens is 2. The largest absolute Gasteiger partial charge is 0.207 e. The Morgan fingerprint density at radius 1 is 1.18 bits per heavy atom. The molecule has 0 saturated heterocycles. The van der Waals surface area contributed by atoms with E-state index in [-0.39, 0.29) is 0 Å².